The van der Waals surface area contributed by atoms with Crippen molar-refractivity contribution in [3.8, 4) is 0 Å². The second-order valence-corrected chi connectivity index (χ2v) is 7.62. The average molecular weight is 400 g/mol. The summed E-state index contributed by atoms with van der Waals surface area (Å²) in [6.45, 7) is 0.326. The number of non-ortho nitro benzene ring substituents is 1. The molecule has 0 aliphatic carbocycles. The van der Waals surface area contributed by atoms with E-state index in [4.69, 9.17) is 4.74 Å². The molecule has 2 unspecified atom stereocenters. The second-order valence-electron chi connectivity index (χ2n) is 6.61. The molecule has 1 aromatic heterocycles. The van der Waals surface area contributed by atoms with Gasteiger partial charge in [-0.05, 0) is 25.2 Å². The third-order valence-corrected chi connectivity index (χ3v) is 5.67. The quantitative estimate of drug-likeness (QED) is 0.218. The Bertz CT molecular complexity index is 1040. The fraction of sp³-hybridized carbons (Fsp3) is 0.222. The van der Waals surface area contributed by atoms with Crippen molar-refractivity contribution in [1.29, 1.82) is 0 Å². The zero-order valence-corrected chi connectivity index (χ0v) is 15.7. The van der Waals surface area contributed by atoms with Crippen molar-refractivity contribution in [2.75, 3.05) is 20.3 Å². The largest absolute Gasteiger partial charge is 0.622 e. The smallest absolute Gasteiger partial charge is 0.342 e. The highest BCUT2D eigenvalue weighted by molar-refractivity contribution is 7.22. The van der Waals surface area contributed by atoms with Gasteiger partial charge in [0.15, 0.2) is 0 Å². The molecule has 0 bridgehead atoms. The molecule has 0 radical (unpaired) electrons. The van der Waals surface area contributed by atoms with E-state index in [9.17, 15) is 20.1 Å². The number of ether oxygens (including phenoxy) is 1. The predicted octanol–water partition coefficient (Wildman–Crippen LogP) is 3.10. The van der Waals surface area contributed by atoms with Crippen LogP contribution >= 0.6 is 11.3 Å². The molecule has 1 aliphatic rings. The Morgan fingerprint density at radius 1 is 1.32 bits per heavy atom. The second kappa shape index (κ2) is 6.91. The van der Waals surface area contributed by atoms with Crippen LogP contribution in [0.4, 0.5) is 10.8 Å². The lowest BCUT2D eigenvalue weighted by atomic mass is 10.2. The maximum Gasteiger partial charge on any atom is 0.342 e. The number of carbonyl (C=O) groups is 1. The van der Waals surface area contributed by atoms with Gasteiger partial charge in [-0.3, -0.25) is 14.8 Å². The molecule has 0 saturated carbocycles. The van der Waals surface area contributed by atoms with Crippen molar-refractivity contribution in [3.05, 3.63) is 69.4 Å². The fourth-order valence-electron chi connectivity index (χ4n) is 3.17. The molecule has 28 heavy (non-hydrogen) atoms. The van der Waals surface area contributed by atoms with Gasteiger partial charge in [0.05, 0.1) is 27.2 Å². The first-order chi connectivity index (χ1) is 13.4. The Labute approximate surface area is 163 Å². The Morgan fingerprint density at radius 2 is 2.11 bits per heavy atom. The number of nitro groups is 1. The van der Waals surface area contributed by atoms with Crippen LogP contribution in [-0.2, 0) is 4.74 Å². The van der Waals surface area contributed by atoms with E-state index in [1.807, 2.05) is 24.3 Å². The molecule has 1 saturated heterocycles. The molecule has 2 heterocycles. The third-order valence-electron chi connectivity index (χ3n) is 4.53. The summed E-state index contributed by atoms with van der Waals surface area (Å²) in [5.74, 6) is -0.775. The van der Waals surface area contributed by atoms with Crippen LogP contribution in [0.1, 0.15) is 10.4 Å². The number of hydrogen-bond acceptors (Lipinski definition) is 8. The van der Waals surface area contributed by atoms with Gasteiger partial charge in [0.2, 0.25) is 0 Å². The molecule has 9 nitrogen and oxygen atoms in total. The zero-order chi connectivity index (χ0) is 19.9. The molecule has 0 spiro atoms. The van der Waals surface area contributed by atoms with Crippen molar-refractivity contribution in [2.24, 2.45) is 0 Å². The highest BCUT2D eigenvalue weighted by atomic mass is 32.1. The number of fused-ring (bicyclic) bond motifs is 1. The van der Waals surface area contributed by atoms with Crippen molar-refractivity contribution < 1.29 is 14.5 Å². The van der Waals surface area contributed by atoms with E-state index in [0.717, 1.165) is 10.8 Å². The summed E-state index contributed by atoms with van der Waals surface area (Å²) in [5.41, 5.74) is 0.529. The van der Waals surface area contributed by atoms with E-state index in [1.165, 1.54) is 29.5 Å². The first kappa shape index (κ1) is 18.4. The van der Waals surface area contributed by atoms with Crippen molar-refractivity contribution in [1.82, 2.24) is 14.5 Å². The number of benzene rings is 2. The molecule has 10 heteroatoms. The molecule has 1 fully saturated rings. The lowest BCUT2D eigenvalue weighted by Crippen LogP contribution is -2.50. The van der Waals surface area contributed by atoms with E-state index >= 15 is 0 Å². The molecule has 2 aromatic carbocycles. The maximum absolute atomic E-state index is 13.6. The number of nitrogens with zero attached hydrogens (tertiary/aromatic N) is 4. The number of thiazole rings is 1. The molecular formula is C18H16N4O5S. The third kappa shape index (κ3) is 3.22. The summed E-state index contributed by atoms with van der Waals surface area (Å²) in [4.78, 5) is 29.1. The molecule has 1 aliphatic heterocycles. The van der Waals surface area contributed by atoms with Gasteiger partial charge >= 0.3 is 5.97 Å². The Hall–Kier alpha value is -2.92. The lowest BCUT2D eigenvalue weighted by Gasteiger charge is -2.38. The summed E-state index contributed by atoms with van der Waals surface area (Å²) in [6, 6.07) is 12.7. The highest BCUT2D eigenvalue weighted by Crippen LogP contribution is 2.37. The highest BCUT2D eigenvalue weighted by Gasteiger charge is 2.45. The number of carbonyl (C=O) groups excluding carboxylic acids is 1. The van der Waals surface area contributed by atoms with Gasteiger partial charge in [-0.1, -0.05) is 29.5 Å². The van der Waals surface area contributed by atoms with Crippen molar-refractivity contribution >= 4 is 38.3 Å². The van der Waals surface area contributed by atoms with Crippen LogP contribution in [0.3, 0.4) is 0 Å². The number of esters is 1. The number of rotatable bonds is 4. The number of hydrogen-bond donors (Lipinski definition) is 0. The van der Waals surface area contributed by atoms with Crippen LogP contribution in [-0.4, -0.2) is 47.3 Å². The molecular weight excluding hydrogens is 384 g/mol. The minimum Gasteiger partial charge on any atom is -0.622 e. The van der Waals surface area contributed by atoms with Gasteiger partial charge in [-0.15, -0.1) is 0 Å². The number of likely N-dealkylation sites (N-methyl/N-ethyl adjacent to an activating group) is 1. The van der Waals surface area contributed by atoms with Gasteiger partial charge in [-0.2, -0.15) is 4.98 Å². The summed E-state index contributed by atoms with van der Waals surface area (Å²) >= 11 is 1.27. The molecule has 0 amide bonds. The molecule has 4 rings (SSSR count). The Morgan fingerprint density at radius 3 is 2.86 bits per heavy atom. The number of para-hydroxylation sites is 1. The van der Waals surface area contributed by atoms with Crippen LogP contribution in [0.15, 0.2) is 48.5 Å². The van der Waals surface area contributed by atoms with E-state index in [2.05, 4.69) is 4.98 Å². The van der Waals surface area contributed by atoms with Crippen molar-refractivity contribution in [3.63, 3.8) is 0 Å². The first-order valence-electron chi connectivity index (χ1n) is 8.46. The topological polar surface area (TPSA) is 109 Å². The number of quaternary nitrogens is 1. The number of hydroxylamine groups is 2. The SMILES string of the molecule is CN1CC(OC(=O)c2cccc([N+](=O)[O-])c2)[N+]([O-])(c2nc3ccccc3s2)C1. The van der Waals surface area contributed by atoms with Crippen LogP contribution in [0.5, 0.6) is 0 Å². The van der Waals surface area contributed by atoms with Gasteiger partial charge in [-0.25, -0.2) is 9.69 Å². The van der Waals surface area contributed by atoms with Gasteiger partial charge in [0, 0.05) is 12.1 Å². The van der Waals surface area contributed by atoms with E-state index in [1.54, 1.807) is 11.9 Å². The van der Waals surface area contributed by atoms with Crippen LogP contribution in [0.2, 0.25) is 0 Å². The van der Waals surface area contributed by atoms with Crippen LogP contribution < -0.4 is 4.65 Å². The summed E-state index contributed by atoms with van der Waals surface area (Å²) in [5, 5.41) is 24.8. The molecule has 0 N–H and O–H groups in total. The minimum absolute atomic E-state index is 0.0274. The zero-order valence-electron chi connectivity index (χ0n) is 14.8. The van der Waals surface area contributed by atoms with Gasteiger partial charge < -0.3 is 9.94 Å². The van der Waals surface area contributed by atoms with Gasteiger partial charge in [0.1, 0.15) is 6.67 Å². The normalized spacial score (nSPS) is 22.4. The van der Waals surface area contributed by atoms with Gasteiger partial charge in [0.25, 0.3) is 17.0 Å². The average Bonchev–Trinajstić information content (AvgIpc) is 3.23. The molecule has 144 valence electrons. The number of nitro benzene ring substituents is 1. The predicted molar refractivity (Wildman–Crippen MR) is 105 cm³/mol. The maximum atomic E-state index is 13.6. The van der Waals surface area contributed by atoms with E-state index in [0.29, 0.717) is 10.6 Å². The van der Waals surface area contributed by atoms with E-state index < -0.39 is 21.8 Å². The van der Waals surface area contributed by atoms with E-state index in [-0.39, 0.29) is 24.5 Å². The molecule has 3 aromatic rings. The molecule has 2 atom stereocenters. The Balaban J connectivity index is 1.63. The first-order valence-corrected chi connectivity index (χ1v) is 9.27. The summed E-state index contributed by atoms with van der Waals surface area (Å²) < 4.78 is 5.46. The number of aromatic nitrogens is 1. The van der Waals surface area contributed by atoms with Crippen LogP contribution in [0, 0.1) is 15.3 Å². The fourth-order valence-corrected chi connectivity index (χ4v) is 4.21. The van der Waals surface area contributed by atoms with Crippen LogP contribution in [0.25, 0.3) is 10.2 Å². The lowest BCUT2D eigenvalue weighted by molar-refractivity contribution is -0.384. The van der Waals surface area contributed by atoms with Crippen molar-refractivity contribution in [2.45, 2.75) is 6.23 Å². The minimum atomic E-state index is -1.02. The summed E-state index contributed by atoms with van der Waals surface area (Å²) in [7, 11) is 1.76. The summed E-state index contributed by atoms with van der Waals surface area (Å²) in [6.07, 6.45) is -1.02. The Kier molecular flexibility index (Phi) is 4.55. The monoisotopic (exact) mass is 400 g/mol. The standard InChI is InChI=1S/C18H16N4O5S/c1-20-10-16(27-17(23)12-5-4-6-13(9-12)21(24)25)22(26,11-20)18-19-14-7-2-3-8-15(14)28-18/h2-9,16H,10-11H2,1H3.